The fraction of sp³-hybridized carbons (Fsp3) is 0.385. The van der Waals surface area contributed by atoms with E-state index < -0.39 is 0 Å². The van der Waals surface area contributed by atoms with Crippen molar-refractivity contribution in [1.82, 2.24) is 10.2 Å². The average Bonchev–Trinajstić information content (AvgIpc) is 2.56. The molecule has 2 rings (SSSR count). The Bertz CT molecular complexity index is 438. The number of amides is 2. The van der Waals surface area contributed by atoms with Crippen LogP contribution in [-0.2, 0) is 0 Å². The number of carbonyl (C=O) groups excluding carboxylic acids is 1. The largest absolute Gasteiger partial charge is 0.323 e. The van der Waals surface area contributed by atoms with Crippen LogP contribution in [0.5, 0.6) is 0 Å². The van der Waals surface area contributed by atoms with Gasteiger partial charge in [-0.1, -0.05) is 36.8 Å². The lowest BCUT2D eigenvalue weighted by Gasteiger charge is -2.22. The molecule has 0 aromatic heterocycles. The highest BCUT2D eigenvalue weighted by atomic mass is 16.2. The molecule has 1 aliphatic heterocycles. The first-order chi connectivity index (χ1) is 8.13. The lowest BCUT2D eigenvalue weighted by Crippen LogP contribution is -2.30. The molecule has 2 N–H and O–H groups in total. The summed E-state index contributed by atoms with van der Waals surface area (Å²) in [7, 11) is 0. The predicted molar refractivity (Wildman–Crippen MR) is 67.2 cm³/mol. The van der Waals surface area contributed by atoms with Gasteiger partial charge in [0.2, 0.25) is 0 Å². The number of benzene rings is 1. The van der Waals surface area contributed by atoms with E-state index in [9.17, 15) is 4.79 Å². The van der Waals surface area contributed by atoms with Crippen molar-refractivity contribution in [3.63, 3.8) is 0 Å². The van der Waals surface area contributed by atoms with E-state index in [0.717, 1.165) is 12.0 Å². The van der Waals surface area contributed by atoms with Gasteiger partial charge in [-0.2, -0.15) is 0 Å². The Labute approximate surface area is 101 Å². The van der Waals surface area contributed by atoms with Crippen LogP contribution in [-0.4, -0.2) is 23.3 Å². The molecule has 4 heteroatoms. The Morgan fingerprint density at radius 2 is 2.00 bits per heavy atom. The Morgan fingerprint density at radius 1 is 1.35 bits per heavy atom. The highest BCUT2D eigenvalue weighted by Gasteiger charge is 2.35. The molecule has 2 amide bonds. The maximum Gasteiger partial charge on any atom is 0.323 e. The molecule has 0 bridgehead atoms. The zero-order valence-electron chi connectivity index (χ0n) is 10.2. The first-order valence-corrected chi connectivity index (χ1v) is 5.86. The second-order valence-corrected chi connectivity index (χ2v) is 4.35. The molecule has 1 aromatic carbocycles. The van der Waals surface area contributed by atoms with Gasteiger partial charge in [-0.15, -0.1) is 0 Å². The van der Waals surface area contributed by atoms with Crippen LogP contribution in [0.3, 0.4) is 0 Å². The van der Waals surface area contributed by atoms with Crippen molar-refractivity contribution >= 4 is 11.9 Å². The summed E-state index contributed by atoms with van der Waals surface area (Å²) >= 11 is 0. The van der Waals surface area contributed by atoms with Gasteiger partial charge in [-0.3, -0.25) is 10.7 Å². The smallest absolute Gasteiger partial charge is 0.310 e. The topological polar surface area (TPSA) is 56.2 Å². The van der Waals surface area contributed by atoms with Gasteiger partial charge in [-0.05, 0) is 18.9 Å². The number of nitrogens with zero attached hydrogens (tertiary/aromatic N) is 1. The Balaban J connectivity index is 2.31. The summed E-state index contributed by atoms with van der Waals surface area (Å²) in [6, 6.07) is 7.57. The van der Waals surface area contributed by atoms with Crippen LogP contribution >= 0.6 is 0 Å². The quantitative estimate of drug-likeness (QED) is 0.824. The van der Waals surface area contributed by atoms with Crippen LogP contribution < -0.4 is 5.32 Å². The molecule has 0 aliphatic carbocycles. The maximum absolute atomic E-state index is 11.7. The summed E-state index contributed by atoms with van der Waals surface area (Å²) < 4.78 is 0. The van der Waals surface area contributed by atoms with E-state index in [0.29, 0.717) is 6.54 Å². The zero-order chi connectivity index (χ0) is 12.4. The summed E-state index contributed by atoms with van der Waals surface area (Å²) in [6.07, 6.45) is 0.892. The molecule has 0 radical (unpaired) electrons. The lowest BCUT2D eigenvalue weighted by atomic mass is 10.0. The van der Waals surface area contributed by atoms with Crippen molar-refractivity contribution in [2.75, 3.05) is 6.54 Å². The molecule has 1 saturated heterocycles. The molecule has 90 valence electrons. The van der Waals surface area contributed by atoms with Crippen molar-refractivity contribution < 1.29 is 4.79 Å². The van der Waals surface area contributed by atoms with Gasteiger partial charge < -0.3 is 4.90 Å². The third-order valence-corrected chi connectivity index (χ3v) is 2.95. The van der Waals surface area contributed by atoms with Crippen LogP contribution in [0.2, 0.25) is 0 Å². The third kappa shape index (κ3) is 2.16. The second-order valence-electron chi connectivity index (χ2n) is 4.35. The standard InChI is InChI=1S/C13H17N3O/c1-3-8-16-11(12(14)15-13(16)17)10-6-4-9(2)5-7-10/h4-7,11H,3,8H2,1-2H3,(H2,14,15,17). The average molecular weight is 231 g/mol. The van der Waals surface area contributed by atoms with Crippen LogP contribution in [0, 0.1) is 12.3 Å². The van der Waals surface area contributed by atoms with E-state index in [4.69, 9.17) is 5.41 Å². The fourth-order valence-corrected chi connectivity index (χ4v) is 2.10. The number of aryl methyl sites for hydroxylation is 1. The summed E-state index contributed by atoms with van der Waals surface area (Å²) in [4.78, 5) is 13.4. The van der Waals surface area contributed by atoms with E-state index in [1.54, 1.807) is 4.90 Å². The van der Waals surface area contributed by atoms with Gasteiger partial charge in [0.15, 0.2) is 0 Å². The summed E-state index contributed by atoms with van der Waals surface area (Å²) in [5.41, 5.74) is 2.17. The number of rotatable bonds is 3. The number of hydrogen-bond donors (Lipinski definition) is 2. The zero-order valence-corrected chi connectivity index (χ0v) is 10.2. The summed E-state index contributed by atoms with van der Waals surface area (Å²) in [5, 5.41) is 10.4. The molecule has 17 heavy (non-hydrogen) atoms. The summed E-state index contributed by atoms with van der Waals surface area (Å²) in [5.74, 6) is 0.271. The fourth-order valence-electron chi connectivity index (χ4n) is 2.10. The Hall–Kier alpha value is -1.84. The SMILES string of the molecule is CCCN1C(=O)NC(=N)C1c1ccc(C)cc1. The van der Waals surface area contributed by atoms with Crippen LogP contribution in [0.4, 0.5) is 4.79 Å². The first-order valence-electron chi connectivity index (χ1n) is 5.86. The van der Waals surface area contributed by atoms with E-state index >= 15 is 0 Å². The van der Waals surface area contributed by atoms with Gasteiger partial charge in [0.05, 0.1) is 0 Å². The molecule has 1 atom stereocenters. The molecule has 0 spiro atoms. The molecule has 1 aromatic rings. The number of carbonyl (C=O) groups is 1. The Morgan fingerprint density at radius 3 is 2.59 bits per heavy atom. The first kappa shape index (κ1) is 11.6. The van der Waals surface area contributed by atoms with E-state index in [2.05, 4.69) is 5.32 Å². The minimum atomic E-state index is -0.247. The van der Waals surface area contributed by atoms with E-state index in [1.165, 1.54) is 5.56 Å². The van der Waals surface area contributed by atoms with Gasteiger partial charge in [-0.25, -0.2) is 4.79 Å². The molecular formula is C13H17N3O. The van der Waals surface area contributed by atoms with Crippen molar-refractivity contribution in [2.45, 2.75) is 26.3 Å². The van der Waals surface area contributed by atoms with Crippen LogP contribution in [0.25, 0.3) is 0 Å². The third-order valence-electron chi connectivity index (χ3n) is 2.95. The molecule has 1 aliphatic rings. The predicted octanol–water partition coefficient (Wildman–Crippen LogP) is 2.45. The number of urea groups is 1. The van der Waals surface area contributed by atoms with Crippen molar-refractivity contribution in [2.24, 2.45) is 0 Å². The van der Waals surface area contributed by atoms with Gasteiger partial charge in [0, 0.05) is 6.54 Å². The number of nitrogens with one attached hydrogen (secondary N) is 2. The maximum atomic E-state index is 11.7. The van der Waals surface area contributed by atoms with Gasteiger partial charge in [0.25, 0.3) is 0 Å². The number of hydrogen-bond acceptors (Lipinski definition) is 2. The van der Waals surface area contributed by atoms with Crippen molar-refractivity contribution in [3.8, 4) is 0 Å². The molecule has 4 nitrogen and oxygen atoms in total. The van der Waals surface area contributed by atoms with Gasteiger partial charge in [0.1, 0.15) is 11.9 Å². The van der Waals surface area contributed by atoms with Gasteiger partial charge >= 0.3 is 6.03 Å². The molecule has 1 fully saturated rings. The Kier molecular flexibility index (Phi) is 3.13. The number of amidine groups is 1. The van der Waals surface area contributed by atoms with Crippen LogP contribution in [0.1, 0.15) is 30.5 Å². The van der Waals surface area contributed by atoms with E-state index in [-0.39, 0.29) is 17.9 Å². The molecule has 1 unspecified atom stereocenters. The molecular weight excluding hydrogens is 214 g/mol. The normalized spacial score (nSPS) is 19.6. The van der Waals surface area contributed by atoms with E-state index in [1.807, 2.05) is 38.1 Å². The van der Waals surface area contributed by atoms with Crippen molar-refractivity contribution in [1.29, 1.82) is 5.41 Å². The second kappa shape index (κ2) is 4.57. The van der Waals surface area contributed by atoms with Crippen LogP contribution in [0.15, 0.2) is 24.3 Å². The molecule has 0 saturated carbocycles. The minimum Gasteiger partial charge on any atom is -0.310 e. The molecule has 1 heterocycles. The lowest BCUT2D eigenvalue weighted by molar-refractivity contribution is 0.206. The van der Waals surface area contributed by atoms with Crippen molar-refractivity contribution in [3.05, 3.63) is 35.4 Å². The minimum absolute atomic E-state index is 0.164. The highest BCUT2D eigenvalue weighted by Crippen LogP contribution is 2.26. The monoisotopic (exact) mass is 231 g/mol. The summed E-state index contributed by atoms with van der Waals surface area (Å²) in [6.45, 7) is 4.73. The highest BCUT2D eigenvalue weighted by molar-refractivity contribution is 6.05.